The number of carbonyl (C=O) groups is 1. The van der Waals surface area contributed by atoms with Gasteiger partial charge in [0, 0.05) is 21.8 Å². The maximum Gasteiger partial charge on any atom is 0.229 e. The molecule has 0 aliphatic rings. The van der Waals surface area contributed by atoms with Gasteiger partial charge in [0.2, 0.25) is 11.1 Å². The fourth-order valence-electron chi connectivity index (χ4n) is 2.83. The maximum absolute atomic E-state index is 12.8. The molecule has 4 heterocycles. The first-order valence-electron chi connectivity index (χ1n) is 8.12. The number of aromatic nitrogens is 8. The van der Waals surface area contributed by atoms with E-state index in [1.54, 1.807) is 16.0 Å². The lowest BCUT2D eigenvalue weighted by Gasteiger charge is -2.05. The number of nitrogens with one attached hydrogen (secondary N) is 1. The molecule has 0 amide bonds. The number of aromatic amines is 1. The molecule has 27 heavy (non-hydrogen) atoms. The number of ketones is 1. The standard InChI is InChI=1S/C16H16N8OS2/c1-10-6-13(11(2)24(10)15-17-9-18-19-15)14(25)8-27-16-20-21-22-23(16)7-12-4-3-5-26-12/h3-6,9H,7-8H2,1-2H3,(H,17,18,19). The monoisotopic (exact) mass is 400 g/mol. The summed E-state index contributed by atoms with van der Waals surface area (Å²) in [5.74, 6) is 0.868. The Morgan fingerprint density at radius 1 is 1.37 bits per heavy atom. The highest BCUT2D eigenvalue weighted by Gasteiger charge is 2.19. The highest BCUT2D eigenvalue weighted by atomic mass is 32.2. The molecule has 0 bridgehead atoms. The van der Waals surface area contributed by atoms with E-state index in [0.29, 0.717) is 23.2 Å². The molecule has 0 unspecified atom stereocenters. The van der Waals surface area contributed by atoms with E-state index in [2.05, 4.69) is 30.7 Å². The molecule has 0 fully saturated rings. The van der Waals surface area contributed by atoms with Crippen LogP contribution in [-0.4, -0.2) is 51.5 Å². The van der Waals surface area contributed by atoms with Crippen LogP contribution in [0.25, 0.3) is 5.95 Å². The Labute approximate surface area is 162 Å². The quantitative estimate of drug-likeness (QED) is 0.374. The van der Waals surface area contributed by atoms with Crippen LogP contribution in [0.3, 0.4) is 0 Å². The molecule has 1 N–H and O–H groups in total. The van der Waals surface area contributed by atoms with Gasteiger partial charge in [-0.15, -0.1) is 16.4 Å². The molecule has 0 radical (unpaired) electrons. The minimum Gasteiger partial charge on any atom is -0.293 e. The van der Waals surface area contributed by atoms with Crippen molar-refractivity contribution in [2.24, 2.45) is 0 Å². The van der Waals surface area contributed by atoms with E-state index in [0.717, 1.165) is 16.3 Å². The fourth-order valence-corrected chi connectivity index (χ4v) is 4.28. The van der Waals surface area contributed by atoms with Crippen LogP contribution in [0.2, 0.25) is 0 Å². The van der Waals surface area contributed by atoms with Gasteiger partial charge >= 0.3 is 0 Å². The van der Waals surface area contributed by atoms with E-state index in [1.807, 2.05) is 42.0 Å². The lowest BCUT2D eigenvalue weighted by atomic mass is 10.2. The zero-order valence-electron chi connectivity index (χ0n) is 14.7. The number of hydrogen-bond donors (Lipinski definition) is 1. The van der Waals surface area contributed by atoms with E-state index in [9.17, 15) is 4.79 Å². The van der Waals surface area contributed by atoms with Gasteiger partial charge in [-0.25, -0.2) is 9.78 Å². The minimum absolute atomic E-state index is 0.0181. The van der Waals surface area contributed by atoms with Crippen LogP contribution >= 0.6 is 23.1 Å². The van der Waals surface area contributed by atoms with Crippen LogP contribution in [0.1, 0.15) is 26.6 Å². The Hall–Kier alpha value is -2.79. The summed E-state index contributed by atoms with van der Waals surface area (Å²) in [7, 11) is 0. The molecule has 4 aromatic rings. The number of carbonyl (C=O) groups excluding carboxylic acids is 1. The van der Waals surface area contributed by atoms with Gasteiger partial charge in [0.25, 0.3) is 0 Å². The number of tetrazole rings is 1. The second kappa shape index (κ2) is 7.45. The average molecular weight is 400 g/mol. The van der Waals surface area contributed by atoms with Gasteiger partial charge in [0.05, 0.1) is 12.3 Å². The summed E-state index contributed by atoms with van der Waals surface area (Å²) in [6.07, 6.45) is 1.44. The lowest BCUT2D eigenvalue weighted by Crippen LogP contribution is -2.08. The van der Waals surface area contributed by atoms with Gasteiger partial charge in [-0.1, -0.05) is 17.8 Å². The van der Waals surface area contributed by atoms with Crippen molar-refractivity contribution in [1.82, 2.24) is 40.0 Å². The number of nitrogens with zero attached hydrogens (tertiary/aromatic N) is 7. The Kier molecular flexibility index (Phi) is 4.86. The summed E-state index contributed by atoms with van der Waals surface area (Å²) in [5.41, 5.74) is 2.40. The van der Waals surface area contributed by atoms with Gasteiger partial charge in [0.15, 0.2) is 5.78 Å². The van der Waals surface area contributed by atoms with Crippen molar-refractivity contribution in [1.29, 1.82) is 0 Å². The van der Waals surface area contributed by atoms with Gasteiger partial charge in [-0.2, -0.15) is 10.1 Å². The molecule has 138 valence electrons. The molecule has 0 spiro atoms. The first kappa shape index (κ1) is 17.6. The van der Waals surface area contributed by atoms with E-state index >= 15 is 0 Å². The Balaban J connectivity index is 1.48. The molecule has 4 aromatic heterocycles. The van der Waals surface area contributed by atoms with Gasteiger partial charge in [-0.05, 0) is 41.8 Å². The summed E-state index contributed by atoms with van der Waals surface area (Å²) in [4.78, 5) is 18.1. The molecule has 0 saturated heterocycles. The zero-order chi connectivity index (χ0) is 18.8. The summed E-state index contributed by atoms with van der Waals surface area (Å²) in [6, 6.07) is 5.89. The first-order valence-corrected chi connectivity index (χ1v) is 9.99. The van der Waals surface area contributed by atoms with Crippen molar-refractivity contribution in [3.8, 4) is 5.95 Å². The van der Waals surface area contributed by atoms with E-state index in [4.69, 9.17) is 0 Å². The molecule has 0 aliphatic heterocycles. The normalized spacial score (nSPS) is 11.2. The van der Waals surface area contributed by atoms with E-state index in [-0.39, 0.29) is 11.5 Å². The maximum atomic E-state index is 12.8. The van der Waals surface area contributed by atoms with Gasteiger partial charge < -0.3 is 0 Å². The number of hydrogen-bond acceptors (Lipinski definition) is 8. The SMILES string of the molecule is Cc1cc(C(=O)CSc2nnnn2Cc2cccs2)c(C)n1-c1ncn[nH]1. The average Bonchev–Trinajstić information content (AvgIpc) is 3.42. The van der Waals surface area contributed by atoms with E-state index in [1.165, 1.54) is 18.1 Å². The predicted octanol–water partition coefficient (Wildman–Crippen LogP) is 2.28. The van der Waals surface area contributed by atoms with Crippen molar-refractivity contribution >= 4 is 28.9 Å². The van der Waals surface area contributed by atoms with Crippen molar-refractivity contribution < 1.29 is 4.79 Å². The number of Topliss-reactive ketones (excluding diaryl/α,β-unsaturated/α-hetero) is 1. The van der Waals surface area contributed by atoms with Crippen LogP contribution < -0.4 is 0 Å². The third-order valence-electron chi connectivity index (χ3n) is 4.06. The number of thiophene rings is 1. The second-order valence-electron chi connectivity index (χ2n) is 5.84. The topological polar surface area (TPSA) is 107 Å². The predicted molar refractivity (Wildman–Crippen MR) is 101 cm³/mol. The van der Waals surface area contributed by atoms with Crippen LogP contribution in [0.15, 0.2) is 35.1 Å². The van der Waals surface area contributed by atoms with Crippen molar-refractivity contribution in [2.45, 2.75) is 25.5 Å². The molecule has 0 saturated carbocycles. The van der Waals surface area contributed by atoms with Crippen molar-refractivity contribution in [2.75, 3.05) is 5.75 Å². The molecule has 11 heteroatoms. The number of rotatable bonds is 7. The second-order valence-corrected chi connectivity index (χ2v) is 7.81. The Morgan fingerprint density at radius 3 is 3.00 bits per heavy atom. The summed E-state index contributed by atoms with van der Waals surface area (Å²) in [6.45, 7) is 4.43. The number of thioether (sulfide) groups is 1. The third-order valence-corrected chi connectivity index (χ3v) is 5.88. The number of aryl methyl sites for hydroxylation is 1. The van der Waals surface area contributed by atoms with Gasteiger partial charge in [0.1, 0.15) is 6.33 Å². The minimum atomic E-state index is 0.0181. The Morgan fingerprint density at radius 2 is 2.26 bits per heavy atom. The van der Waals surface area contributed by atoms with Crippen LogP contribution in [-0.2, 0) is 6.54 Å². The summed E-state index contributed by atoms with van der Waals surface area (Å²) in [5, 5.41) is 21.1. The molecule has 0 atom stereocenters. The fraction of sp³-hybridized carbons (Fsp3) is 0.250. The van der Waals surface area contributed by atoms with Crippen molar-refractivity contribution in [3.63, 3.8) is 0 Å². The van der Waals surface area contributed by atoms with Crippen LogP contribution in [0.5, 0.6) is 0 Å². The largest absolute Gasteiger partial charge is 0.293 e. The molecule has 9 nitrogen and oxygen atoms in total. The van der Waals surface area contributed by atoms with Gasteiger partial charge in [-0.3, -0.25) is 9.36 Å². The first-order chi connectivity index (χ1) is 13.1. The zero-order valence-corrected chi connectivity index (χ0v) is 16.3. The molecular formula is C16H16N8OS2. The van der Waals surface area contributed by atoms with Crippen molar-refractivity contribution in [3.05, 3.63) is 51.7 Å². The highest BCUT2D eigenvalue weighted by Crippen LogP contribution is 2.22. The molecule has 4 rings (SSSR count). The van der Waals surface area contributed by atoms with Crippen LogP contribution in [0.4, 0.5) is 0 Å². The summed E-state index contributed by atoms with van der Waals surface area (Å²) >= 11 is 2.98. The lowest BCUT2D eigenvalue weighted by molar-refractivity contribution is 0.102. The summed E-state index contributed by atoms with van der Waals surface area (Å²) < 4.78 is 3.59. The van der Waals surface area contributed by atoms with E-state index < -0.39 is 0 Å². The molecular weight excluding hydrogens is 384 g/mol. The number of H-pyrrole nitrogens is 1. The third kappa shape index (κ3) is 3.55. The van der Waals surface area contributed by atoms with Crippen LogP contribution in [0, 0.1) is 13.8 Å². The molecule has 0 aromatic carbocycles. The molecule has 0 aliphatic carbocycles. The highest BCUT2D eigenvalue weighted by molar-refractivity contribution is 7.99. The smallest absolute Gasteiger partial charge is 0.229 e. The Bertz CT molecular complexity index is 1050.